The highest BCUT2D eigenvalue weighted by Gasteiger charge is 2.27. The first kappa shape index (κ1) is 16.3. The lowest BCUT2D eigenvalue weighted by Crippen LogP contribution is -2.24. The summed E-state index contributed by atoms with van der Waals surface area (Å²) in [7, 11) is 0. The molecule has 118 valence electrons. The Morgan fingerprint density at radius 2 is 1.95 bits per heavy atom. The number of rotatable bonds is 6. The van der Waals surface area contributed by atoms with Gasteiger partial charge in [0.15, 0.2) is 11.5 Å². The number of nitrogens with one attached hydrogen (secondary N) is 1. The Morgan fingerprint density at radius 3 is 2.67 bits per heavy atom. The minimum absolute atomic E-state index is 0.0810. The lowest BCUT2D eigenvalue weighted by atomic mass is 10.1. The molecule has 2 rings (SSSR count). The highest BCUT2D eigenvalue weighted by Crippen LogP contribution is 2.32. The Bertz CT molecular complexity index is 470. The standard InChI is InChI=1S/C13H16F3NO3S/c14-13(15,16)21-6-3-17-8-10(18)9-1-2-11-12(7-9)20-5-4-19-11/h1-2,7,10,17-18H,3-6,8H2. The zero-order valence-corrected chi connectivity index (χ0v) is 12.0. The molecule has 4 nitrogen and oxygen atoms in total. The normalized spacial score (nSPS) is 15.8. The number of benzene rings is 1. The second-order valence-electron chi connectivity index (χ2n) is 4.42. The lowest BCUT2D eigenvalue weighted by molar-refractivity contribution is -0.0327. The summed E-state index contributed by atoms with van der Waals surface area (Å²) in [5, 5.41) is 12.8. The number of fused-ring (bicyclic) bond motifs is 1. The second-order valence-corrected chi connectivity index (χ2v) is 5.58. The molecule has 0 bridgehead atoms. The summed E-state index contributed by atoms with van der Waals surface area (Å²) in [6.45, 7) is 1.30. The third-order valence-electron chi connectivity index (χ3n) is 2.83. The minimum Gasteiger partial charge on any atom is -0.486 e. The largest absolute Gasteiger partial charge is 0.486 e. The molecule has 0 saturated carbocycles. The molecule has 0 aromatic heterocycles. The first-order valence-electron chi connectivity index (χ1n) is 6.45. The molecule has 1 aromatic rings. The topological polar surface area (TPSA) is 50.7 Å². The number of hydrogen-bond acceptors (Lipinski definition) is 5. The summed E-state index contributed by atoms with van der Waals surface area (Å²) in [4.78, 5) is 0. The number of aliphatic hydroxyl groups is 1. The van der Waals surface area contributed by atoms with Crippen LogP contribution in [0, 0.1) is 0 Å². The van der Waals surface area contributed by atoms with Gasteiger partial charge in [-0.1, -0.05) is 6.07 Å². The summed E-state index contributed by atoms with van der Waals surface area (Å²) in [5.41, 5.74) is -3.58. The Hall–Kier alpha value is -1.12. The van der Waals surface area contributed by atoms with Crippen LogP contribution in [0.25, 0.3) is 0 Å². The predicted molar refractivity (Wildman–Crippen MR) is 73.8 cm³/mol. The average Bonchev–Trinajstić information content (AvgIpc) is 2.45. The van der Waals surface area contributed by atoms with Gasteiger partial charge >= 0.3 is 5.51 Å². The number of hydrogen-bond donors (Lipinski definition) is 2. The van der Waals surface area contributed by atoms with E-state index in [1.165, 1.54) is 0 Å². The molecule has 8 heteroatoms. The first-order valence-corrected chi connectivity index (χ1v) is 7.43. The van der Waals surface area contributed by atoms with E-state index < -0.39 is 11.6 Å². The van der Waals surface area contributed by atoms with Gasteiger partial charge in [0.1, 0.15) is 13.2 Å². The van der Waals surface area contributed by atoms with Crippen LogP contribution < -0.4 is 14.8 Å². The van der Waals surface area contributed by atoms with Crippen molar-refractivity contribution in [3.63, 3.8) is 0 Å². The van der Waals surface area contributed by atoms with E-state index >= 15 is 0 Å². The quantitative estimate of drug-likeness (QED) is 0.787. The van der Waals surface area contributed by atoms with Gasteiger partial charge in [0, 0.05) is 18.8 Å². The van der Waals surface area contributed by atoms with Crippen LogP contribution in [0.15, 0.2) is 18.2 Å². The van der Waals surface area contributed by atoms with Crippen molar-refractivity contribution in [3.05, 3.63) is 23.8 Å². The SMILES string of the molecule is OC(CNCCSC(F)(F)F)c1ccc2c(c1)OCCO2. The van der Waals surface area contributed by atoms with Gasteiger partial charge in [0.05, 0.1) is 6.10 Å². The minimum atomic E-state index is -4.21. The van der Waals surface area contributed by atoms with Gasteiger partial charge in [-0.25, -0.2) is 0 Å². The van der Waals surface area contributed by atoms with Crippen LogP contribution >= 0.6 is 11.8 Å². The molecule has 1 atom stereocenters. The molecule has 0 saturated heterocycles. The van der Waals surface area contributed by atoms with Crippen molar-refractivity contribution in [2.45, 2.75) is 11.6 Å². The van der Waals surface area contributed by atoms with Crippen LogP contribution in [0.4, 0.5) is 13.2 Å². The van der Waals surface area contributed by atoms with Crippen molar-refractivity contribution in [2.24, 2.45) is 0 Å². The molecule has 1 aliphatic rings. The summed E-state index contributed by atoms with van der Waals surface area (Å²) < 4.78 is 46.6. The van der Waals surface area contributed by atoms with E-state index in [1.807, 2.05) is 0 Å². The number of thioether (sulfide) groups is 1. The zero-order valence-electron chi connectivity index (χ0n) is 11.2. The van der Waals surface area contributed by atoms with E-state index in [-0.39, 0.29) is 30.6 Å². The molecule has 2 N–H and O–H groups in total. The van der Waals surface area contributed by atoms with E-state index in [1.54, 1.807) is 18.2 Å². The molecule has 1 unspecified atom stereocenters. The zero-order chi connectivity index (χ0) is 15.3. The molecular weight excluding hydrogens is 307 g/mol. The number of aliphatic hydroxyl groups excluding tert-OH is 1. The second kappa shape index (κ2) is 7.24. The fourth-order valence-corrected chi connectivity index (χ4v) is 2.34. The van der Waals surface area contributed by atoms with Gasteiger partial charge in [0.2, 0.25) is 0 Å². The molecule has 1 heterocycles. The van der Waals surface area contributed by atoms with E-state index in [4.69, 9.17) is 9.47 Å². The van der Waals surface area contributed by atoms with Gasteiger partial charge in [-0.05, 0) is 29.5 Å². The maximum absolute atomic E-state index is 11.9. The Labute approximate surface area is 124 Å². The first-order chi connectivity index (χ1) is 9.96. The van der Waals surface area contributed by atoms with Crippen LogP contribution in [-0.4, -0.2) is 42.7 Å². The van der Waals surface area contributed by atoms with Gasteiger partial charge in [-0.15, -0.1) is 0 Å². The van der Waals surface area contributed by atoms with Gasteiger partial charge in [-0.3, -0.25) is 0 Å². The van der Waals surface area contributed by atoms with Crippen LogP contribution in [0.1, 0.15) is 11.7 Å². The molecule has 0 fully saturated rings. The molecule has 0 radical (unpaired) electrons. The fourth-order valence-electron chi connectivity index (χ4n) is 1.86. The third kappa shape index (κ3) is 5.29. The van der Waals surface area contributed by atoms with Crippen LogP contribution in [0.3, 0.4) is 0 Å². The Kier molecular flexibility index (Phi) is 5.60. The number of halogens is 3. The van der Waals surface area contributed by atoms with E-state index in [9.17, 15) is 18.3 Å². The molecule has 0 aliphatic carbocycles. The van der Waals surface area contributed by atoms with E-state index in [2.05, 4.69) is 5.32 Å². The van der Waals surface area contributed by atoms with Crippen molar-refractivity contribution >= 4 is 11.8 Å². The van der Waals surface area contributed by atoms with Crippen molar-refractivity contribution in [1.29, 1.82) is 0 Å². The van der Waals surface area contributed by atoms with Crippen molar-refractivity contribution in [3.8, 4) is 11.5 Å². The smallest absolute Gasteiger partial charge is 0.441 e. The monoisotopic (exact) mass is 323 g/mol. The average molecular weight is 323 g/mol. The van der Waals surface area contributed by atoms with Gasteiger partial charge in [-0.2, -0.15) is 13.2 Å². The molecular formula is C13H16F3NO3S. The fraction of sp³-hybridized carbons (Fsp3) is 0.538. The summed E-state index contributed by atoms with van der Waals surface area (Å²) in [6.07, 6.45) is -0.809. The van der Waals surface area contributed by atoms with Gasteiger partial charge in [0.25, 0.3) is 0 Å². The molecule has 0 amide bonds. The predicted octanol–water partition coefficient (Wildman–Crippen LogP) is 2.33. The summed E-state index contributed by atoms with van der Waals surface area (Å²) >= 11 is -0.0810. The third-order valence-corrected chi connectivity index (χ3v) is 3.57. The summed E-state index contributed by atoms with van der Waals surface area (Å²) in [6, 6.07) is 5.11. The lowest BCUT2D eigenvalue weighted by Gasteiger charge is -2.20. The van der Waals surface area contributed by atoms with Crippen molar-refractivity contribution in [2.75, 3.05) is 32.1 Å². The Morgan fingerprint density at radius 1 is 1.24 bits per heavy atom. The number of alkyl halides is 3. The van der Waals surface area contributed by atoms with Crippen LogP contribution in [0.5, 0.6) is 11.5 Å². The number of ether oxygens (including phenoxy) is 2. The molecule has 21 heavy (non-hydrogen) atoms. The van der Waals surface area contributed by atoms with Crippen LogP contribution in [-0.2, 0) is 0 Å². The van der Waals surface area contributed by atoms with Crippen molar-refractivity contribution < 1.29 is 27.8 Å². The Balaban J connectivity index is 1.77. The summed E-state index contributed by atoms with van der Waals surface area (Å²) in [5.74, 6) is 1.12. The molecule has 1 aromatic carbocycles. The molecule has 1 aliphatic heterocycles. The van der Waals surface area contributed by atoms with Crippen molar-refractivity contribution in [1.82, 2.24) is 5.32 Å². The van der Waals surface area contributed by atoms with E-state index in [0.717, 1.165) is 0 Å². The highest BCUT2D eigenvalue weighted by molar-refractivity contribution is 8.00. The maximum atomic E-state index is 11.9. The maximum Gasteiger partial charge on any atom is 0.441 e. The van der Waals surface area contributed by atoms with E-state index in [0.29, 0.717) is 30.3 Å². The van der Waals surface area contributed by atoms with Crippen LogP contribution in [0.2, 0.25) is 0 Å². The van der Waals surface area contributed by atoms with Gasteiger partial charge < -0.3 is 19.9 Å². The molecule has 0 spiro atoms. The highest BCUT2D eigenvalue weighted by atomic mass is 32.2.